The van der Waals surface area contributed by atoms with E-state index in [2.05, 4.69) is 58.2 Å². The molecule has 2 aromatic rings. The molecule has 19 heavy (non-hydrogen) atoms. The van der Waals surface area contributed by atoms with Crippen LogP contribution in [0.25, 0.3) is 0 Å². The highest BCUT2D eigenvalue weighted by molar-refractivity contribution is 5.53. The zero-order valence-electron chi connectivity index (χ0n) is 11.6. The maximum atomic E-state index is 4.66. The molecule has 1 atom stereocenters. The molecule has 0 radical (unpaired) electrons. The number of aryl methyl sites for hydroxylation is 2. The highest BCUT2D eigenvalue weighted by Gasteiger charge is 2.22. The van der Waals surface area contributed by atoms with E-state index in [1.807, 2.05) is 0 Å². The molecule has 0 saturated carbocycles. The second-order valence-electron chi connectivity index (χ2n) is 4.99. The van der Waals surface area contributed by atoms with Crippen molar-refractivity contribution in [1.29, 1.82) is 0 Å². The van der Waals surface area contributed by atoms with Crippen LogP contribution < -0.4 is 5.32 Å². The van der Waals surface area contributed by atoms with E-state index in [4.69, 9.17) is 0 Å². The number of nitrogens with zero attached hydrogens (tertiary/aromatic N) is 3. The average molecular weight is 256 g/mol. The van der Waals surface area contributed by atoms with Gasteiger partial charge in [0.25, 0.3) is 0 Å². The molecule has 0 saturated heterocycles. The molecule has 1 aromatic heterocycles. The molecule has 100 valence electrons. The topological polar surface area (TPSA) is 42.7 Å². The van der Waals surface area contributed by atoms with Gasteiger partial charge in [-0.15, -0.1) is 0 Å². The molecule has 1 aliphatic heterocycles. The van der Waals surface area contributed by atoms with E-state index in [1.165, 1.54) is 11.3 Å². The molecule has 3 rings (SSSR count). The number of para-hydroxylation sites is 1. The van der Waals surface area contributed by atoms with Gasteiger partial charge >= 0.3 is 0 Å². The van der Waals surface area contributed by atoms with Gasteiger partial charge in [0.1, 0.15) is 5.82 Å². The fourth-order valence-electron chi connectivity index (χ4n) is 2.69. The van der Waals surface area contributed by atoms with Crippen molar-refractivity contribution in [3.63, 3.8) is 0 Å². The van der Waals surface area contributed by atoms with Crippen LogP contribution in [-0.4, -0.2) is 21.3 Å². The Labute approximate surface area is 113 Å². The van der Waals surface area contributed by atoms with Crippen molar-refractivity contribution in [3.8, 4) is 0 Å². The van der Waals surface area contributed by atoms with Gasteiger partial charge in [0, 0.05) is 25.1 Å². The third-order valence-corrected chi connectivity index (χ3v) is 3.73. The van der Waals surface area contributed by atoms with Crippen molar-refractivity contribution in [2.24, 2.45) is 0 Å². The van der Waals surface area contributed by atoms with E-state index in [9.17, 15) is 0 Å². The average Bonchev–Trinajstić information content (AvgIpc) is 2.90. The molecule has 1 N–H and O–H groups in total. The predicted molar refractivity (Wildman–Crippen MR) is 76.5 cm³/mol. The summed E-state index contributed by atoms with van der Waals surface area (Å²) in [5, 5.41) is 8.16. The summed E-state index contributed by atoms with van der Waals surface area (Å²) >= 11 is 0. The lowest BCUT2D eigenvalue weighted by Gasteiger charge is -2.27. The summed E-state index contributed by atoms with van der Waals surface area (Å²) in [7, 11) is 0. The SMILES string of the molecule is CCc1nc(CC)n(C2CNc3ccccc3C2)n1. The maximum absolute atomic E-state index is 4.66. The number of anilines is 1. The Morgan fingerprint density at radius 3 is 2.89 bits per heavy atom. The van der Waals surface area contributed by atoms with Crippen molar-refractivity contribution in [1.82, 2.24) is 14.8 Å². The summed E-state index contributed by atoms with van der Waals surface area (Å²) in [5.74, 6) is 2.05. The standard InChI is InChI=1S/C15H20N4/c1-3-14-17-15(4-2)19(18-14)12-9-11-7-5-6-8-13(11)16-10-12/h5-8,12,16H,3-4,9-10H2,1-2H3. The second-order valence-corrected chi connectivity index (χ2v) is 4.99. The van der Waals surface area contributed by atoms with Gasteiger partial charge < -0.3 is 5.32 Å². The molecule has 1 unspecified atom stereocenters. The van der Waals surface area contributed by atoms with Crippen molar-refractivity contribution >= 4 is 5.69 Å². The van der Waals surface area contributed by atoms with Gasteiger partial charge in [-0.25, -0.2) is 9.67 Å². The minimum absolute atomic E-state index is 0.373. The van der Waals surface area contributed by atoms with Crippen LogP contribution in [0.15, 0.2) is 24.3 Å². The Balaban J connectivity index is 1.90. The fraction of sp³-hybridized carbons (Fsp3) is 0.467. The molecular formula is C15H20N4. The minimum Gasteiger partial charge on any atom is -0.383 e. The third-order valence-electron chi connectivity index (χ3n) is 3.73. The van der Waals surface area contributed by atoms with Gasteiger partial charge in [0.2, 0.25) is 0 Å². The zero-order chi connectivity index (χ0) is 13.2. The van der Waals surface area contributed by atoms with Crippen LogP contribution in [-0.2, 0) is 19.3 Å². The van der Waals surface area contributed by atoms with Crippen LogP contribution in [0.1, 0.15) is 37.1 Å². The molecule has 2 heterocycles. The van der Waals surface area contributed by atoms with Crippen LogP contribution in [0.3, 0.4) is 0 Å². The van der Waals surface area contributed by atoms with Crippen molar-refractivity contribution in [2.75, 3.05) is 11.9 Å². The first-order chi connectivity index (χ1) is 9.31. The molecule has 0 fully saturated rings. The van der Waals surface area contributed by atoms with Crippen LogP contribution in [0.4, 0.5) is 5.69 Å². The normalized spacial score (nSPS) is 17.9. The number of hydrogen-bond donors (Lipinski definition) is 1. The maximum Gasteiger partial charge on any atom is 0.150 e. The highest BCUT2D eigenvalue weighted by atomic mass is 15.4. The first kappa shape index (κ1) is 12.2. The molecule has 0 spiro atoms. The van der Waals surface area contributed by atoms with E-state index in [0.29, 0.717) is 6.04 Å². The molecule has 0 amide bonds. The van der Waals surface area contributed by atoms with Crippen LogP contribution in [0.5, 0.6) is 0 Å². The van der Waals surface area contributed by atoms with E-state index < -0.39 is 0 Å². The quantitative estimate of drug-likeness (QED) is 0.918. The van der Waals surface area contributed by atoms with E-state index in [1.54, 1.807) is 0 Å². The summed E-state index contributed by atoms with van der Waals surface area (Å²) in [5.41, 5.74) is 2.63. The molecule has 4 nitrogen and oxygen atoms in total. The highest BCUT2D eigenvalue weighted by Crippen LogP contribution is 2.27. The first-order valence-electron chi connectivity index (χ1n) is 7.07. The second kappa shape index (κ2) is 5.03. The lowest BCUT2D eigenvalue weighted by Crippen LogP contribution is -2.28. The van der Waals surface area contributed by atoms with Crippen LogP contribution in [0, 0.1) is 0 Å². The van der Waals surface area contributed by atoms with Crippen molar-refractivity contribution in [2.45, 2.75) is 39.2 Å². The number of rotatable bonds is 3. The third kappa shape index (κ3) is 2.23. The van der Waals surface area contributed by atoms with Gasteiger partial charge in [0.15, 0.2) is 5.82 Å². The molecular weight excluding hydrogens is 236 g/mol. The van der Waals surface area contributed by atoms with Crippen molar-refractivity contribution in [3.05, 3.63) is 41.5 Å². The smallest absolute Gasteiger partial charge is 0.150 e. The van der Waals surface area contributed by atoms with Crippen LogP contribution in [0.2, 0.25) is 0 Å². The molecule has 0 aliphatic carbocycles. The van der Waals surface area contributed by atoms with E-state index in [-0.39, 0.29) is 0 Å². The Morgan fingerprint density at radius 2 is 2.11 bits per heavy atom. The molecule has 1 aromatic carbocycles. The molecule has 0 bridgehead atoms. The van der Waals surface area contributed by atoms with Gasteiger partial charge in [0.05, 0.1) is 6.04 Å². The van der Waals surface area contributed by atoms with Gasteiger partial charge in [-0.2, -0.15) is 5.10 Å². The van der Waals surface area contributed by atoms with Gasteiger partial charge in [-0.3, -0.25) is 0 Å². The van der Waals surface area contributed by atoms with Gasteiger partial charge in [-0.05, 0) is 18.1 Å². The van der Waals surface area contributed by atoms with Crippen LogP contribution >= 0.6 is 0 Å². The molecule has 4 heteroatoms. The summed E-state index contributed by atoms with van der Waals surface area (Å²) in [4.78, 5) is 4.60. The zero-order valence-corrected chi connectivity index (χ0v) is 11.6. The number of benzene rings is 1. The number of nitrogens with one attached hydrogen (secondary N) is 1. The van der Waals surface area contributed by atoms with Crippen molar-refractivity contribution < 1.29 is 0 Å². The summed E-state index contributed by atoms with van der Waals surface area (Å²) < 4.78 is 2.13. The lowest BCUT2D eigenvalue weighted by molar-refractivity contribution is 0.442. The summed E-state index contributed by atoms with van der Waals surface area (Å²) in [6, 6.07) is 8.89. The minimum atomic E-state index is 0.373. The lowest BCUT2D eigenvalue weighted by atomic mass is 10.00. The first-order valence-corrected chi connectivity index (χ1v) is 7.07. The Kier molecular flexibility index (Phi) is 3.23. The Morgan fingerprint density at radius 1 is 1.26 bits per heavy atom. The number of aromatic nitrogens is 3. The monoisotopic (exact) mass is 256 g/mol. The van der Waals surface area contributed by atoms with E-state index in [0.717, 1.165) is 37.5 Å². The summed E-state index contributed by atoms with van der Waals surface area (Å²) in [6.07, 6.45) is 2.87. The van der Waals surface area contributed by atoms with Gasteiger partial charge in [-0.1, -0.05) is 32.0 Å². The Bertz CT molecular complexity index is 573. The molecule has 1 aliphatic rings. The fourth-order valence-corrected chi connectivity index (χ4v) is 2.69. The predicted octanol–water partition coefficient (Wildman–Crippen LogP) is 2.61. The largest absolute Gasteiger partial charge is 0.383 e. The number of fused-ring (bicyclic) bond motifs is 1. The number of hydrogen-bond acceptors (Lipinski definition) is 3. The summed E-state index contributed by atoms with van der Waals surface area (Å²) in [6.45, 7) is 5.17. The Hall–Kier alpha value is -1.84. The van der Waals surface area contributed by atoms with E-state index >= 15 is 0 Å².